The van der Waals surface area contributed by atoms with E-state index in [2.05, 4.69) is 4.74 Å². The van der Waals surface area contributed by atoms with Gasteiger partial charge in [-0.05, 0) is 48.9 Å². The number of benzene rings is 2. The van der Waals surface area contributed by atoms with Crippen molar-refractivity contribution in [3.05, 3.63) is 56.9 Å². The van der Waals surface area contributed by atoms with Gasteiger partial charge in [0.15, 0.2) is 22.4 Å². The maximum atomic E-state index is 13.0. The highest BCUT2D eigenvalue weighted by Crippen LogP contribution is 2.40. The average molecular weight is 498 g/mol. The molecule has 3 rings (SSSR count). The molecular formula is C21H17Cl2NO5S2. The normalized spacial score (nSPS) is 14.8. The first-order valence-corrected chi connectivity index (χ1v) is 11.0. The maximum Gasteiger partial charge on any atom is 0.343 e. The minimum Gasteiger partial charge on any atom is -0.490 e. The summed E-state index contributed by atoms with van der Waals surface area (Å²) in [5.74, 6) is 0.0422. The van der Waals surface area contributed by atoms with Crippen LogP contribution < -0.4 is 14.4 Å². The fraction of sp³-hybridized carbons (Fsp3) is 0.190. The first kappa shape index (κ1) is 23.4. The van der Waals surface area contributed by atoms with Crippen molar-refractivity contribution < 1.29 is 23.8 Å². The molecule has 1 saturated heterocycles. The first-order valence-electron chi connectivity index (χ1n) is 9.03. The summed E-state index contributed by atoms with van der Waals surface area (Å²) in [5, 5.41) is 0.795. The minimum absolute atomic E-state index is 0.240. The molecule has 0 N–H and O–H groups in total. The van der Waals surface area contributed by atoms with Crippen molar-refractivity contribution >= 4 is 75.1 Å². The molecule has 1 amide bonds. The van der Waals surface area contributed by atoms with Crippen LogP contribution in [0.3, 0.4) is 0 Å². The number of rotatable bonds is 7. The number of nitrogens with zero attached hydrogens (tertiary/aromatic N) is 1. The topological polar surface area (TPSA) is 65.1 Å². The van der Waals surface area contributed by atoms with E-state index < -0.39 is 5.97 Å². The van der Waals surface area contributed by atoms with Gasteiger partial charge in [-0.2, -0.15) is 0 Å². The van der Waals surface area contributed by atoms with Crippen molar-refractivity contribution in [2.75, 3.05) is 25.2 Å². The van der Waals surface area contributed by atoms with Crippen molar-refractivity contribution in [3.8, 4) is 11.5 Å². The third-order valence-corrected chi connectivity index (χ3v) is 5.92. The van der Waals surface area contributed by atoms with Crippen LogP contribution >= 0.6 is 47.2 Å². The molecule has 10 heteroatoms. The lowest BCUT2D eigenvalue weighted by atomic mass is 10.1. The quantitative estimate of drug-likeness (QED) is 0.290. The fourth-order valence-corrected chi connectivity index (χ4v) is 4.46. The van der Waals surface area contributed by atoms with E-state index in [1.54, 1.807) is 42.5 Å². The molecule has 1 aliphatic heterocycles. The molecule has 31 heavy (non-hydrogen) atoms. The van der Waals surface area contributed by atoms with Gasteiger partial charge < -0.3 is 14.2 Å². The second kappa shape index (κ2) is 10.4. The van der Waals surface area contributed by atoms with Gasteiger partial charge in [0.2, 0.25) is 0 Å². The summed E-state index contributed by atoms with van der Waals surface area (Å²) < 4.78 is 16.0. The number of esters is 1. The molecule has 0 bridgehead atoms. The fourth-order valence-electron chi connectivity index (χ4n) is 2.69. The van der Waals surface area contributed by atoms with Crippen LogP contribution in [0.5, 0.6) is 11.5 Å². The second-order valence-electron chi connectivity index (χ2n) is 6.12. The Morgan fingerprint density at radius 2 is 1.94 bits per heavy atom. The number of hydrogen-bond donors (Lipinski definition) is 0. The standard InChI is InChI=1S/C21H17Cl2NO5S2/c1-3-28-17-8-12(4-7-16(17)29-11-19(25)27-2)9-18-20(26)24(21(30)31-18)15-6-5-13(22)10-14(15)23/h4-10H,3,11H2,1-2H3/b18-9-. The Kier molecular flexibility index (Phi) is 7.83. The van der Waals surface area contributed by atoms with Crippen LogP contribution in [0.2, 0.25) is 10.0 Å². The summed E-state index contributed by atoms with van der Waals surface area (Å²) in [4.78, 5) is 26.1. The monoisotopic (exact) mass is 497 g/mol. The van der Waals surface area contributed by atoms with E-state index >= 15 is 0 Å². The van der Waals surface area contributed by atoms with Crippen LogP contribution in [0, 0.1) is 0 Å². The Balaban J connectivity index is 1.87. The number of halogens is 2. The second-order valence-corrected chi connectivity index (χ2v) is 8.64. The lowest BCUT2D eigenvalue weighted by Gasteiger charge is -2.16. The molecule has 0 aliphatic carbocycles. The van der Waals surface area contributed by atoms with E-state index in [1.165, 1.54) is 23.8 Å². The number of carbonyl (C=O) groups is 2. The van der Waals surface area contributed by atoms with Crippen LogP contribution in [0.15, 0.2) is 41.3 Å². The summed E-state index contributed by atoms with van der Waals surface area (Å²) >= 11 is 18.8. The molecule has 0 spiro atoms. The maximum absolute atomic E-state index is 13.0. The molecule has 162 valence electrons. The number of ether oxygens (including phenoxy) is 3. The van der Waals surface area contributed by atoms with E-state index in [1.807, 2.05) is 6.92 Å². The molecule has 2 aromatic carbocycles. The predicted molar refractivity (Wildman–Crippen MR) is 127 cm³/mol. The molecule has 0 radical (unpaired) electrons. The summed E-state index contributed by atoms with van der Waals surface area (Å²) in [6.07, 6.45) is 1.70. The lowest BCUT2D eigenvalue weighted by Crippen LogP contribution is -2.27. The number of thiocarbonyl (C=S) groups is 1. The number of hydrogen-bond acceptors (Lipinski definition) is 7. The van der Waals surface area contributed by atoms with Crippen LogP contribution in [-0.4, -0.2) is 36.5 Å². The highest BCUT2D eigenvalue weighted by molar-refractivity contribution is 8.27. The van der Waals surface area contributed by atoms with Gasteiger partial charge in [-0.25, -0.2) is 4.79 Å². The van der Waals surface area contributed by atoms with Crippen molar-refractivity contribution in [3.63, 3.8) is 0 Å². The highest BCUT2D eigenvalue weighted by atomic mass is 35.5. The Hall–Kier alpha value is -2.26. The van der Waals surface area contributed by atoms with E-state index in [0.29, 0.717) is 48.6 Å². The Labute approximate surface area is 199 Å². The minimum atomic E-state index is -0.504. The molecule has 0 aromatic heterocycles. The molecular weight excluding hydrogens is 481 g/mol. The molecule has 0 saturated carbocycles. The molecule has 1 fully saturated rings. The predicted octanol–water partition coefficient (Wildman–Crippen LogP) is 5.35. The number of anilines is 1. The summed E-state index contributed by atoms with van der Waals surface area (Å²) in [5.41, 5.74) is 1.18. The van der Waals surface area contributed by atoms with Crippen LogP contribution in [0.25, 0.3) is 6.08 Å². The van der Waals surface area contributed by atoms with Gasteiger partial charge in [0.05, 0.1) is 29.3 Å². The van der Waals surface area contributed by atoms with Crippen molar-refractivity contribution in [2.45, 2.75) is 6.92 Å². The van der Waals surface area contributed by atoms with Crippen LogP contribution in [0.1, 0.15) is 12.5 Å². The Morgan fingerprint density at radius 1 is 1.16 bits per heavy atom. The Morgan fingerprint density at radius 3 is 2.61 bits per heavy atom. The van der Waals surface area contributed by atoms with Gasteiger partial charge in [-0.15, -0.1) is 0 Å². The molecule has 0 atom stereocenters. The highest BCUT2D eigenvalue weighted by Gasteiger charge is 2.34. The van der Waals surface area contributed by atoms with Gasteiger partial charge in [-0.3, -0.25) is 9.69 Å². The number of amides is 1. The molecule has 6 nitrogen and oxygen atoms in total. The van der Waals surface area contributed by atoms with Crippen LogP contribution in [-0.2, 0) is 14.3 Å². The largest absolute Gasteiger partial charge is 0.490 e. The smallest absolute Gasteiger partial charge is 0.343 e. The van der Waals surface area contributed by atoms with E-state index in [4.69, 9.17) is 44.9 Å². The summed E-state index contributed by atoms with van der Waals surface area (Å²) in [7, 11) is 1.28. The molecule has 1 aliphatic rings. The molecule has 2 aromatic rings. The third-order valence-electron chi connectivity index (χ3n) is 4.08. The van der Waals surface area contributed by atoms with Gasteiger partial charge >= 0.3 is 5.97 Å². The summed E-state index contributed by atoms with van der Waals surface area (Å²) in [6.45, 7) is 1.99. The van der Waals surface area contributed by atoms with E-state index in [-0.39, 0.29) is 12.5 Å². The van der Waals surface area contributed by atoms with Gasteiger partial charge in [0, 0.05) is 5.02 Å². The molecule has 1 heterocycles. The summed E-state index contributed by atoms with van der Waals surface area (Å²) in [6, 6.07) is 9.99. The average Bonchev–Trinajstić information content (AvgIpc) is 3.00. The zero-order valence-electron chi connectivity index (χ0n) is 16.5. The van der Waals surface area contributed by atoms with Gasteiger partial charge in [-0.1, -0.05) is 53.2 Å². The Bertz CT molecular complexity index is 1070. The van der Waals surface area contributed by atoms with Crippen molar-refractivity contribution in [1.29, 1.82) is 0 Å². The lowest BCUT2D eigenvalue weighted by molar-refractivity contribution is -0.142. The van der Waals surface area contributed by atoms with E-state index in [0.717, 1.165) is 0 Å². The zero-order chi connectivity index (χ0) is 22.5. The molecule has 0 unspecified atom stereocenters. The SMILES string of the molecule is CCOc1cc(/C=C2\SC(=S)N(c3ccc(Cl)cc3Cl)C2=O)ccc1OCC(=O)OC. The third kappa shape index (κ3) is 5.51. The number of methoxy groups -OCH3 is 1. The zero-order valence-corrected chi connectivity index (χ0v) is 19.7. The van der Waals surface area contributed by atoms with Gasteiger partial charge in [0.25, 0.3) is 5.91 Å². The number of thioether (sulfide) groups is 1. The van der Waals surface area contributed by atoms with Crippen molar-refractivity contribution in [2.24, 2.45) is 0 Å². The van der Waals surface area contributed by atoms with Crippen molar-refractivity contribution in [1.82, 2.24) is 0 Å². The number of carbonyl (C=O) groups excluding carboxylic acids is 2. The van der Waals surface area contributed by atoms with E-state index in [9.17, 15) is 9.59 Å². The van der Waals surface area contributed by atoms with Gasteiger partial charge in [0.1, 0.15) is 0 Å². The van der Waals surface area contributed by atoms with Crippen LogP contribution in [0.4, 0.5) is 5.69 Å². The first-order chi connectivity index (χ1) is 14.8.